The van der Waals surface area contributed by atoms with E-state index in [2.05, 4.69) is 29.2 Å². The van der Waals surface area contributed by atoms with Crippen molar-refractivity contribution in [1.29, 1.82) is 0 Å². The Morgan fingerprint density at radius 1 is 1.50 bits per heavy atom. The molecule has 0 saturated heterocycles. The summed E-state index contributed by atoms with van der Waals surface area (Å²) in [6, 6.07) is 1.90. The van der Waals surface area contributed by atoms with E-state index >= 15 is 0 Å². The lowest BCUT2D eigenvalue weighted by Crippen LogP contribution is -2.14. The zero-order valence-corrected chi connectivity index (χ0v) is 8.67. The molecule has 3 N–H and O–H groups in total. The van der Waals surface area contributed by atoms with Gasteiger partial charge in [0.05, 0.1) is 0 Å². The van der Waals surface area contributed by atoms with Gasteiger partial charge in [0.2, 0.25) is 0 Å². The predicted octanol–water partition coefficient (Wildman–Crippen LogP) is 1.38. The van der Waals surface area contributed by atoms with Crippen LogP contribution in [0.5, 0.6) is 0 Å². The summed E-state index contributed by atoms with van der Waals surface area (Å²) < 4.78 is 0. The monoisotopic (exact) mass is 192 g/mol. The van der Waals surface area contributed by atoms with Gasteiger partial charge in [-0.05, 0) is 19.3 Å². The molecule has 0 spiro atoms. The number of nitrogens with one attached hydrogen (secondary N) is 1. The van der Waals surface area contributed by atoms with Crippen LogP contribution in [0.1, 0.15) is 38.2 Å². The van der Waals surface area contributed by atoms with E-state index in [9.17, 15) is 0 Å². The lowest BCUT2D eigenvalue weighted by molar-refractivity contribution is 0.699. The quantitative estimate of drug-likeness (QED) is 0.561. The fourth-order valence-electron chi connectivity index (χ4n) is 1.43. The van der Waals surface area contributed by atoms with E-state index in [4.69, 9.17) is 5.84 Å². The molecule has 1 aliphatic carbocycles. The van der Waals surface area contributed by atoms with Crippen molar-refractivity contribution < 1.29 is 0 Å². The molecule has 1 fully saturated rings. The minimum Gasteiger partial charge on any atom is -0.308 e. The number of aromatic nitrogens is 2. The fraction of sp³-hybridized carbons (Fsp3) is 0.600. The van der Waals surface area contributed by atoms with Crippen LogP contribution in [-0.4, -0.2) is 9.97 Å². The van der Waals surface area contributed by atoms with E-state index in [0.29, 0.717) is 0 Å². The second kappa shape index (κ2) is 3.20. The van der Waals surface area contributed by atoms with Gasteiger partial charge in [-0.2, -0.15) is 0 Å². The van der Waals surface area contributed by atoms with Crippen LogP contribution in [0.4, 0.5) is 5.82 Å². The van der Waals surface area contributed by atoms with Gasteiger partial charge in [0.1, 0.15) is 11.6 Å². The summed E-state index contributed by atoms with van der Waals surface area (Å²) in [6.07, 6.45) is 3.29. The third-order valence-electron chi connectivity index (χ3n) is 2.83. The highest BCUT2D eigenvalue weighted by Gasteiger charge is 2.42. The van der Waals surface area contributed by atoms with Crippen LogP contribution in [0, 0.1) is 0 Å². The number of nitrogens with two attached hydrogens (primary N) is 1. The van der Waals surface area contributed by atoms with E-state index < -0.39 is 0 Å². The van der Waals surface area contributed by atoms with E-state index in [0.717, 1.165) is 23.8 Å². The number of hydrazine groups is 1. The lowest BCUT2D eigenvalue weighted by atomic mass is 10.1. The SMILES string of the molecule is CCc1cc(NN)nc(C2(C)CC2)n1. The molecule has 1 aliphatic rings. The average Bonchev–Trinajstić information content (AvgIpc) is 2.97. The van der Waals surface area contributed by atoms with Crippen LogP contribution in [-0.2, 0) is 11.8 Å². The van der Waals surface area contributed by atoms with E-state index in [1.165, 1.54) is 12.8 Å². The maximum absolute atomic E-state index is 5.37. The molecule has 0 radical (unpaired) electrons. The summed E-state index contributed by atoms with van der Waals surface area (Å²) in [4.78, 5) is 8.91. The highest BCUT2D eigenvalue weighted by Crippen LogP contribution is 2.46. The highest BCUT2D eigenvalue weighted by atomic mass is 15.3. The summed E-state index contributed by atoms with van der Waals surface area (Å²) in [7, 11) is 0. The van der Waals surface area contributed by atoms with Gasteiger partial charge in [-0.15, -0.1) is 0 Å². The van der Waals surface area contributed by atoms with Gasteiger partial charge in [0, 0.05) is 17.2 Å². The van der Waals surface area contributed by atoms with Crippen molar-refractivity contribution in [3.05, 3.63) is 17.6 Å². The van der Waals surface area contributed by atoms with Crippen LogP contribution in [0.15, 0.2) is 6.07 Å². The second-order valence-electron chi connectivity index (χ2n) is 4.13. The number of hydrogen-bond acceptors (Lipinski definition) is 4. The molecule has 0 aliphatic heterocycles. The summed E-state index contributed by atoms with van der Waals surface area (Å²) in [5.41, 5.74) is 3.85. The number of anilines is 1. The van der Waals surface area contributed by atoms with Gasteiger partial charge in [0.25, 0.3) is 0 Å². The normalized spacial score (nSPS) is 17.9. The molecule has 0 aromatic carbocycles. The van der Waals surface area contributed by atoms with Gasteiger partial charge in [0.15, 0.2) is 0 Å². The summed E-state index contributed by atoms with van der Waals surface area (Å²) in [6.45, 7) is 4.28. The molecule has 1 aromatic rings. The number of nitrogens with zero attached hydrogens (tertiary/aromatic N) is 2. The first-order valence-corrected chi connectivity index (χ1v) is 5.03. The van der Waals surface area contributed by atoms with Gasteiger partial charge >= 0.3 is 0 Å². The van der Waals surface area contributed by atoms with Crippen molar-refractivity contribution >= 4 is 5.82 Å². The molecule has 1 saturated carbocycles. The molecule has 1 aromatic heterocycles. The fourth-order valence-corrected chi connectivity index (χ4v) is 1.43. The Labute approximate surface area is 83.9 Å². The van der Waals surface area contributed by atoms with Gasteiger partial charge in [-0.1, -0.05) is 13.8 Å². The summed E-state index contributed by atoms with van der Waals surface area (Å²) >= 11 is 0. The van der Waals surface area contributed by atoms with Crippen LogP contribution in [0.25, 0.3) is 0 Å². The topological polar surface area (TPSA) is 63.8 Å². The van der Waals surface area contributed by atoms with Crippen molar-refractivity contribution in [3.63, 3.8) is 0 Å². The average molecular weight is 192 g/mol. The predicted molar refractivity (Wildman–Crippen MR) is 55.8 cm³/mol. The molecule has 0 atom stereocenters. The van der Waals surface area contributed by atoms with Crippen molar-refractivity contribution in [3.8, 4) is 0 Å². The molecule has 0 bridgehead atoms. The molecular formula is C10H16N4. The smallest absolute Gasteiger partial charge is 0.143 e. The molecule has 0 unspecified atom stereocenters. The first-order valence-electron chi connectivity index (χ1n) is 5.03. The molecule has 2 rings (SSSR count). The number of rotatable bonds is 3. The molecule has 4 heteroatoms. The highest BCUT2D eigenvalue weighted by molar-refractivity contribution is 5.36. The summed E-state index contributed by atoms with van der Waals surface area (Å²) in [5.74, 6) is 7.02. The Bertz CT molecular complexity index is 322. The Morgan fingerprint density at radius 3 is 2.71 bits per heavy atom. The van der Waals surface area contributed by atoms with Crippen molar-refractivity contribution in [2.45, 2.75) is 38.5 Å². The standard InChI is InChI=1S/C10H16N4/c1-3-7-6-8(14-11)13-9(12-7)10(2)4-5-10/h6H,3-5,11H2,1-2H3,(H,12,13,14). The Hall–Kier alpha value is -1.16. The maximum Gasteiger partial charge on any atom is 0.143 e. The molecular weight excluding hydrogens is 176 g/mol. The molecule has 76 valence electrons. The zero-order valence-electron chi connectivity index (χ0n) is 8.67. The third kappa shape index (κ3) is 1.57. The largest absolute Gasteiger partial charge is 0.308 e. The van der Waals surface area contributed by atoms with Crippen LogP contribution in [0.2, 0.25) is 0 Å². The van der Waals surface area contributed by atoms with Gasteiger partial charge in [-0.25, -0.2) is 15.8 Å². The number of hydrogen-bond donors (Lipinski definition) is 2. The summed E-state index contributed by atoms with van der Waals surface area (Å²) in [5, 5.41) is 0. The zero-order chi connectivity index (χ0) is 10.2. The minimum absolute atomic E-state index is 0.205. The lowest BCUT2D eigenvalue weighted by Gasteiger charge is -2.10. The van der Waals surface area contributed by atoms with E-state index in [1.54, 1.807) is 0 Å². The molecule has 14 heavy (non-hydrogen) atoms. The van der Waals surface area contributed by atoms with Gasteiger partial charge < -0.3 is 5.43 Å². The Kier molecular flexibility index (Phi) is 2.15. The third-order valence-corrected chi connectivity index (χ3v) is 2.83. The first kappa shape index (κ1) is 9.40. The van der Waals surface area contributed by atoms with E-state index in [-0.39, 0.29) is 5.41 Å². The Balaban J connectivity index is 2.39. The van der Waals surface area contributed by atoms with Crippen LogP contribution < -0.4 is 11.3 Å². The van der Waals surface area contributed by atoms with Crippen molar-refractivity contribution in [1.82, 2.24) is 9.97 Å². The minimum atomic E-state index is 0.205. The van der Waals surface area contributed by atoms with Crippen molar-refractivity contribution in [2.75, 3.05) is 5.43 Å². The molecule has 0 amide bonds. The maximum atomic E-state index is 5.37. The van der Waals surface area contributed by atoms with Gasteiger partial charge in [-0.3, -0.25) is 0 Å². The number of aryl methyl sites for hydroxylation is 1. The first-order chi connectivity index (χ1) is 6.68. The molecule has 1 heterocycles. The Morgan fingerprint density at radius 2 is 2.21 bits per heavy atom. The second-order valence-corrected chi connectivity index (χ2v) is 4.13. The van der Waals surface area contributed by atoms with Crippen LogP contribution >= 0.6 is 0 Å². The van der Waals surface area contributed by atoms with E-state index in [1.807, 2.05) is 6.07 Å². The van der Waals surface area contributed by atoms with Crippen molar-refractivity contribution in [2.24, 2.45) is 5.84 Å². The number of nitrogen functional groups attached to an aromatic ring is 1. The van der Waals surface area contributed by atoms with Crippen LogP contribution in [0.3, 0.4) is 0 Å². The molecule has 4 nitrogen and oxygen atoms in total.